The Morgan fingerprint density at radius 1 is 1.62 bits per heavy atom. The number of carboxylic acid groups (broad SMARTS) is 1. The predicted octanol–water partition coefficient (Wildman–Crippen LogP) is 0.303. The van der Waals surface area contributed by atoms with Crippen LogP contribution in [0.5, 0.6) is 0 Å². The van der Waals surface area contributed by atoms with Crippen molar-refractivity contribution in [3.05, 3.63) is 12.7 Å². The van der Waals surface area contributed by atoms with Crippen LogP contribution in [0.3, 0.4) is 0 Å². The highest BCUT2D eigenvalue weighted by atomic mass is 16.5. The number of methoxy groups -OCH3 is 1. The molecule has 0 fully saturated rings. The Labute approximate surface area is 94.9 Å². The van der Waals surface area contributed by atoms with Crippen molar-refractivity contribution in [2.24, 2.45) is 0 Å². The highest BCUT2D eigenvalue weighted by Crippen LogP contribution is 1.95. The molecular formula is C10H18N2O4. The van der Waals surface area contributed by atoms with E-state index in [-0.39, 0.29) is 13.0 Å². The Kier molecular flexibility index (Phi) is 6.95. The lowest BCUT2D eigenvalue weighted by Crippen LogP contribution is -2.47. The number of carbonyl (C=O) groups is 2. The molecule has 0 aromatic rings. The molecule has 0 saturated carbocycles. The van der Waals surface area contributed by atoms with Crippen LogP contribution in [-0.2, 0) is 9.53 Å². The van der Waals surface area contributed by atoms with Gasteiger partial charge in [0, 0.05) is 33.7 Å². The number of rotatable bonds is 7. The molecule has 2 amide bonds. The lowest BCUT2D eigenvalue weighted by atomic mass is 10.2. The molecule has 0 aromatic heterocycles. The van der Waals surface area contributed by atoms with Gasteiger partial charge in [-0.15, -0.1) is 6.58 Å². The molecule has 0 spiro atoms. The molecule has 6 heteroatoms. The van der Waals surface area contributed by atoms with Crippen molar-refractivity contribution in [3.8, 4) is 0 Å². The minimum atomic E-state index is -1.07. The van der Waals surface area contributed by atoms with Crippen LogP contribution in [0.2, 0.25) is 0 Å². The zero-order valence-electron chi connectivity index (χ0n) is 9.60. The molecule has 0 heterocycles. The van der Waals surface area contributed by atoms with Crippen LogP contribution in [-0.4, -0.2) is 55.4 Å². The lowest BCUT2D eigenvalue weighted by Gasteiger charge is -2.19. The molecule has 92 valence electrons. The number of aliphatic carboxylic acids is 1. The van der Waals surface area contributed by atoms with E-state index < -0.39 is 18.0 Å². The predicted molar refractivity (Wildman–Crippen MR) is 59.3 cm³/mol. The summed E-state index contributed by atoms with van der Waals surface area (Å²) >= 11 is 0. The summed E-state index contributed by atoms with van der Waals surface area (Å²) in [5, 5.41) is 11.2. The van der Waals surface area contributed by atoms with Gasteiger partial charge in [-0.05, 0) is 0 Å². The number of amides is 2. The molecule has 0 rings (SSSR count). The van der Waals surface area contributed by atoms with E-state index in [9.17, 15) is 9.59 Å². The number of carboxylic acids is 1. The Morgan fingerprint density at radius 2 is 2.25 bits per heavy atom. The maximum Gasteiger partial charge on any atom is 0.326 e. The Morgan fingerprint density at radius 3 is 2.69 bits per heavy atom. The van der Waals surface area contributed by atoms with Crippen LogP contribution in [0.4, 0.5) is 4.79 Å². The smallest absolute Gasteiger partial charge is 0.326 e. The first-order valence-electron chi connectivity index (χ1n) is 4.87. The number of carbonyl (C=O) groups excluding carboxylic acids is 1. The zero-order chi connectivity index (χ0) is 12.6. The van der Waals surface area contributed by atoms with Gasteiger partial charge in [0.25, 0.3) is 0 Å². The maximum atomic E-state index is 11.5. The van der Waals surface area contributed by atoms with Crippen LogP contribution < -0.4 is 5.32 Å². The first-order valence-corrected chi connectivity index (χ1v) is 4.87. The number of hydrogen-bond donors (Lipinski definition) is 2. The van der Waals surface area contributed by atoms with Gasteiger partial charge in [0.15, 0.2) is 0 Å². The summed E-state index contributed by atoms with van der Waals surface area (Å²) in [6, 6.07) is -1.37. The van der Waals surface area contributed by atoms with Crippen molar-refractivity contribution in [3.63, 3.8) is 0 Å². The van der Waals surface area contributed by atoms with E-state index in [2.05, 4.69) is 11.9 Å². The molecule has 2 N–H and O–H groups in total. The molecule has 1 atom stereocenters. The second-order valence-electron chi connectivity index (χ2n) is 3.29. The second-order valence-corrected chi connectivity index (χ2v) is 3.29. The fourth-order valence-corrected chi connectivity index (χ4v) is 1.03. The van der Waals surface area contributed by atoms with Crippen molar-refractivity contribution >= 4 is 12.0 Å². The third-order valence-corrected chi connectivity index (χ3v) is 1.96. The van der Waals surface area contributed by atoms with Gasteiger partial charge in [-0.3, -0.25) is 0 Å². The number of nitrogens with zero attached hydrogens (tertiary/aromatic N) is 1. The molecule has 16 heavy (non-hydrogen) atoms. The van der Waals surface area contributed by atoms with E-state index in [0.29, 0.717) is 6.54 Å². The minimum Gasteiger partial charge on any atom is -0.480 e. The minimum absolute atomic E-state index is 0.236. The summed E-state index contributed by atoms with van der Waals surface area (Å²) < 4.78 is 4.77. The average molecular weight is 230 g/mol. The highest BCUT2D eigenvalue weighted by molar-refractivity contribution is 5.82. The summed E-state index contributed by atoms with van der Waals surface area (Å²) in [6.07, 6.45) is 1.80. The van der Waals surface area contributed by atoms with E-state index in [1.54, 1.807) is 13.1 Å². The molecule has 0 aliphatic rings. The third kappa shape index (κ3) is 5.35. The molecule has 0 radical (unpaired) electrons. The summed E-state index contributed by atoms with van der Waals surface area (Å²) in [5.74, 6) is -1.07. The second kappa shape index (κ2) is 7.70. The van der Waals surface area contributed by atoms with Crippen LogP contribution >= 0.6 is 0 Å². The van der Waals surface area contributed by atoms with Gasteiger partial charge in [-0.2, -0.15) is 0 Å². The van der Waals surface area contributed by atoms with Crippen molar-refractivity contribution in [2.75, 3.05) is 27.3 Å². The fraction of sp³-hybridized carbons (Fsp3) is 0.600. The fourth-order valence-electron chi connectivity index (χ4n) is 1.03. The SMILES string of the molecule is C=CCN(C)C(=O)NC(CCOC)C(=O)O. The van der Waals surface area contributed by atoms with E-state index in [1.165, 1.54) is 12.0 Å². The number of urea groups is 1. The van der Waals surface area contributed by atoms with Crippen LogP contribution in [0.15, 0.2) is 12.7 Å². The van der Waals surface area contributed by atoms with Crippen molar-refractivity contribution in [1.82, 2.24) is 10.2 Å². The van der Waals surface area contributed by atoms with Crippen LogP contribution in [0.25, 0.3) is 0 Å². The van der Waals surface area contributed by atoms with E-state index in [0.717, 1.165) is 0 Å². The number of hydrogen-bond acceptors (Lipinski definition) is 3. The first kappa shape index (κ1) is 14.4. The number of nitrogens with one attached hydrogen (secondary N) is 1. The summed E-state index contributed by atoms with van der Waals surface area (Å²) in [4.78, 5) is 23.6. The van der Waals surface area contributed by atoms with Gasteiger partial charge < -0.3 is 20.1 Å². The van der Waals surface area contributed by atoms with Gasteiger partial charge in [-0.25, -0.2) is 9.59 Å². The largest absolute Gasteiger partial charge is 0.480 e. The van der Waals surface area contributed by atoms with Crippen LogP contribution in [0, 0.1) is 0 Å². The molecule has 6 nitrogen and oxygen atoms in total. The molecule has 0 aromatic carbocycles. The van der Waals surface area contributed by atoms with Gasteiger partial charge in [0.05, 0.1) is 0 Å². The van der Waals surface area contributed by atoms with Gasteiger partial charge in [-0.1, -0.05) is 6.08 Å². The molecule has 0 bridgehead atoms. The lowest BCUT2D eigenvalue weighted by molar-refractivity contribution is -0.139. The monoisotopic (exact) mass is 230 g/mol. The maximum absolute atomic E-state index is 11.5. The third-order valence-electron chi connectivity index (χ3n) is 1.96. The van der Waals surface area contributed by atoms with Gasteiger partial charge in [0.2, 0.25) is 0 Å². The molecular weight excluding hydrogens is 212 g/mol. The Hall–Kier alpha value is -1.56. The van der Waals surface area contributed by atoms with Crippen molar-refractivity contribution < 1.29 is 19.4 Å². The van der Waals surface area contributed by atoms with Crippen molar-refractivity contribution in [2.45, 2.75) is 12.5 Å². The topological polar surface area (TPSA) is 78.9 Å². The van der Waals surface area contributed by atoms with Crippen LogP contribution in [0.1, 0.15) is 6.42 Å². The Bertz CT molecular complexity index is 255. The summed E-state index contributed by atoms with van der Waals surface area (Å²) in [7, 11) is 3.04. The zero-order valence-corrected chi connectivity index (χ0v) is 9.60. The molecule has 0 aliphatic carbocycles. The molecule has 0 saturated heterocycles. The summed E-state index contributed by atoms with van der Waals surface area (Å²) in [6.45, 7) is 4.13. The van der Waals surface area contributed by atoms with Gasteiger partial charge >= 0.3 is 12.0 Å². The first-order chi connectivity index (χ1) is 7.52. The van der Waals surface area contributed by atoms with Crippen molar-refractivity contribution in [1.29, 1.82) is 0 Å². The molecule has 1 unspecified atom stereocenters. The standard InChI is InChI=1S/C10H18N2O4/c1-4-6-12(2)10(15)11-8(9(13)14)5-7-16-3/h4,8H,1,5-7H2,2-3H3,(H,11,15)(H,13,14). The van der Waals surface area contributed by atoms with E-state index >= 15 is 0 Å². The van der Waals surface area contributed by atoms with Gasteiger partial charge in [0.1, 0.15) is 6.04 Å². The highest BCUT2D eigenvalue weighted by Gasteiger charge is 2.20. The quantitative estimate of drug-likeness (QED) is 0.617. The number of ether oxygens (including phenoxy) is 1. The average Bonchev–Trinajstić information content (AvgIpc) is 2.23. The van der Waals surface area contributed by atoms with E-state index in [4.69, 9.17) is 9.84 Å². The van der Waals surface area contributed by atoms with E-state index in [1.807, 2.05) is 0 Å². The Balaban J connectivity index is 4.22. The summed E-state index contributed by atoms with van der Waals surface area (Å²) in [5.41, 5.74) is 0. The normalized spacial score (nSPS) is 11.6. The molecule has 0 aliphatic heterocycles. The number of likely N-dealkylation sites (N-methyl/N-ethyl adjacent to an activating group) is 1.